The van der Waals surface area contributed by atoms with E-state index < -0.39 is 8.07 Å². The van der Waals surface area contributed by atoms with Crippen LogP contribution in [0.5, 0.6) is 0 Å². The maximum absolute atomic E-state index is 2.64. The molecule has 5 heteroatoms. The van der Waals surface area contributed by atoms with Crippen molar-refractivity contribution in [2.75, 3.05) is 0 Å². The van der Waals surface area contributed by atoms with Gasteiger partial charge in [0.25, 0.3) is 0 Å². The predicted molar refractivity (Wildman–Crippen MR) is 152 cm³/mol. The van der Waals surface area contributed by atoms with Crippen LogP contribution in [0.4, 0.5) is 0 Å². The minimum absolute atomic E-state index is 0. The molecule has 3 aromatic rings. The van der Waals surface area contributed by atoms with E-state index >= 15 is 0 Å². The Morgan fingerprint density at radius 1 is 0.632 bits per heavy atom. The smallest absolute Gasteiger partial charge is 1.00 e. The summed E-state index contributed by atoms with van der Waals surface area (Å²) in [4.78, 5) is 0. The zero-order valence-electron chi connectivity index (χ0n) is 23.8. The first kappa shape index (κ1) is 35.0. The Morgan fingerprint density at radius 2 is 0.947 bits per heavy atom. The van der Waals surface area contributed by atoms with Crippen molar-refractivity contribution in [3.05, 3.63) is 112 Å². The topological polar surface area (TPSA) is 0 Å². The van der Waals surface area contributed by atoms with Crippen LogP contribution in [0, 0.1) is 47.5 Å². The Kier molecular flexibility index (Phi) is 12.5. The molecule has 2 unspecified atom stereocenters. The van der Waals surface area contributed by atoms with Crippen LogP contribution in [0.25, 0.3) is 0 Å². The molecule has 0 heterocycles. The Morgan fingerprint density at radius 3 is 1.24 bits per heavy atom. The molecule has 38 heavy (non-hydrogen) atoms. The van der Waals surface area contributed by atoms with Crippen molar-refractivity contribution in [1.82, 2.24) is 0 Å². The van der Waals surface area contributed by atoms with Gasteiger partial charge in [0.2, 0.25) is 0 Å². The third-order valence-corrected chi connectivity index (χ3v) is 15.0. The van der Waals surface area contributed by atoms with Gasteiger partial charge in [-0.1, -0.05) is 0 Å². The summed E-state index contributed by atoms with van der Waals surface area (Å²) in [7, 11) is -2.57. The molecule has 0 nitrogen and oxygen atoms in total. The molecule has 0 spiro atoms. The van der Waals surface area contributed by atoms with Crippen molar-refractivity contribution < 1.29 is 57.7 Å². The van der Waals surface area contributed by atoms with Crippen LogP contribution in [0.15, 0.2) is 78.4 Å². The summed E-state index contributed by atoms with van der Waals surface area (Å²) in [5, 5.41) is 4.54. The van der Waals surface area contributed by atoms with E-state index in [2.05, 4.69) is 149 Å². The molecule has 0 aromatic heterocycles. The van der Waals surface area contributed by atoms with Crippen molar-refractivity contribution in [1.29, 1.82) is 0 Å². The van der Waals surface area contributed by atoms with Gasteiger partial charge < -0.3 is 37.2 Å². The summed E-state index contributed by atoms with van der Waals surface area (Å²) in [6.45, 7) is 18.2. The average Bonchev–Trinajstić information content (AvgIpc) is 3.15. The van der Waals surface area contributed by atoms with Gasteiger partial charge in [0.1, 0.15) is 0 Å². The van der Waals surface area contributed by atoms with Crippen LogP contribution >= 0.6 is 0 Å². The number of halogens is 3. The molecule has 0 saturated heterocycles. The van der Waals surface area contributed by atoms with Crippen LogP contribution in [-0.2, 0) is 20.4 Å². The molecule has 1 aliphatic carbocycles. The van der Waals surface area contributed by atoms with Crippen molar-refractivity contribution in [3.63, 3.8) is 0 Å². The number of hydrogen-bond donors (Lipinski definition) is 0. The fraction of sp³-hybridized carbons (Fsp3) is 0.333. The molecule has 0 saturated carbocycles. The first-order valence-electron chi connectivity index (χ1n) is 12.9. The first-order chi connectivity index (χ1) is 16.5. The van der Waals surface area contributed by atoms with Crippen molar-refractivity contribution in [2.24, 2.45) is 5.92 Å². The Bertz CT molecular complexity index is 1160. The number of hydrogen-bond acceptors (Lipinski definition) is 0. The summed E-state index contributed by atoms with van der Waals surface area (Å²) >= 11 is 2.51. The maximum atomic E-state index is 2.64. The third kappa shape index (κ3) is 6.46. The Hall–Kier alpha value is -1.06. The van der Waals surface area contributed by atoms with Crippen LogP contribution < -0.4 is 52.8 Å². The minimum Gasteiger partial charge on any atom is -1.00 e. The summed E-state index contributed by atoms with van der Waals surface area (Å²) in [6.07, 6.45) is 8.79. The van der Waals surface area contributed by atoms with Gasteiger partial charge in [0, 0.05) is 0 Å². The first-order valence-corrected chi connectivity index (χ1v) is 15.7. The summed E-state index contributed by atoms with van der Waals surface area (Å²) in [5.74, 6) is 0.567. The fourth-order valence-electron chi connectivity index (χ4n) is 6.15. The summed E-state index contributed by atoms with van der Waals surface area (Å²) in [5.41, 5.74) is 9.59. The molecule has 4 rings (SSSR count). The summed E-state index contributed by atoms with van der Waals surface area (Å²) in [6, 6.07) is 21.9. The SMILES string of the molecule is CCC(C)C1=C[C]([Ti+3])([Si](c2cc(C)cc(C)c2)(c2cc(C)cc(C)c2)c2cc(C)cc(C)c2)C=C1.[Cl-].[Cl-].[Cl-]. The van der Waals surface area contributed by atoms with Crippen LogP contribution in [0.2, 0.25) is 3.34 Å². The zero-order chi connectivity index (χ0) is 25.5. The second-order valence-electron chi connectivity index (χ2n) is 11.0. The molecule has 2 atom stereocenters. The molecule has 3 aromatic carbocycles. The molecule has 0 fully saturated rings. The number of benzene rings is 3. The minimum atomic E-state index is -2.57. The van der Waals surface area contributed by atoms with E-state index in [1.807, 2.05) is 0 Å². The van der Waals surface area contributed by atoms with Gasteiger partial charge in [-0.3, -0.25) is 0 Å². The number of allylic oxidation sites excluding steroid dienone is 4. The molecule has 0 amide bonds. The van der Waals surface area contributed by atoms with E-state index in [1.54, 1.807) is 0 Å². The van der Waals surface area contributed by atoms with Crippen LogP contribution in [0.1, 0.15) is 53.6 Å². The van der Waals surface area contributed by atoms with Gasteiger partial charge in [-0.15, -0.1) is 0 Å². The molecule has 0 aliphatic heterocycles. The van der Waals surface area contributed by atoms with Crippen LogP contribution in [0.3, 0.4) is 0 Å². The van der Waals surface area contributed by atoms with Crippen molar-refractivity contribution in [2.45, 2.75) is 65.2 Å². The molecule has 0 bridgehead atoms. The molecule has 1 aliphatic rings. The summed E-state index contributed by atoms with van der Waals surface area (Å²) < 4.78 is -0.0769. The van der Waals surface area contributed by atoms with Gasteiger partial charge in [0.15, 0.2) is 0 Å². The maximum Gasteiger partial charge on any atom is -1.00 e. The number of aryl methyl sites for hydroxylation is 6. The second-order valence-corrected chi connectivity index (χ2v) is 17.2. The normalized spacial score (nSPS) is 17.2. The average molecular weight is 618 g/mol. The van der Waals surface area contributed by atoms with Gasteiger partial charge in [-0.2, -0.15) is 0 Å². The molecule has 0 N–H and O–H groups in total. The van der Waals surface area contributed by atoms with E-state index in [-0.39, 0.29) is 40.6 Å². The Labute approximate surface area is 262 Å². The van der Waals surface area contributed by atoms with E-state index in [0.29, 0.717) is 5.92 Å². The zero-order valence-corrected chi connectivity index (χ0v) is 28.7. The monoisotopic (exact) mass is 616 g/mol. The molecule has 200 valence electrons. The van der Waals surface area contributed by atoms with Crippen molar-refractivity contribution in [3.8, 4) is 0 Å². The quantitative estimate of drug-likeness (QED) is 0.218. The van der Waals surface area contributed by atoms with E-state index in [9.17, 15) is 0 Å². The van der Waals surface area contributed by atoms with Gasteiger partial charge >= 0.3 is 227 Å². The standard InChI is InChI=1S/C33H39Si.3ClH.Ti/c1-9-28(8)29-10-11-30(21-29)34(31-15-22(2)12-23(3)16-31,32-17-24(4)13-25(5)18-32)33-19-26(6)14-27(7)20-33;;;;/h10-21,28H,9H2,1-8H3;3*1H;/q;;;;+3/p-3. The van der Waals surface area contributed by atoms with Gasteiger partial charge in [0.05, 0.1) is 0 Å². The molecule has 0 radical (unpaired) electrons. The third-order valence-electron chi connectivity index (χ3n) is 7.70. The van der Waals surface area contributed by atoms with Gasteiger partial charge in [-0.25, -0.2) is 0 Å². The Balaban J connectivity index is 0.00000241. The largest absolute Gasteiger partial charge is 1.00 e. The van der Waals surface area contributed by atoms with E-state index in [4.69, 9.17) is 0 Å². The predicted octanol–water partition coefficient (Wildman–Crippen LogP) is -2.19. The van der Waals surface area contributed by atoms with E-state index in [0.717, 1.165) is 6.42 Å². The van der Waals surface area contributed by atoms with Crippen molar-refractivity contribution >= 4 is 23.6 Å². The molecular weight excluding hydrogens is 579 g/mol. The number of rotatable bonds is 6. The van der Waals surface area contributed by atoms with Gasteiger partial charge in [-0.05, 0) is 0 Å². The fourth-order valence-corrected chi connectivity index (χ4v) is 14.4. The second kappa shape index (κ2) is 13.5. The van der Waals surface area contributed by atoms with Crippen LogP contribution in [-0.4, -0.2) is 8.07 Å². The molecular formula is C33H39Cl3SiTi. The van der Waals surface area contributed by atoms with E-state index in [1.165, 1.54) is 54.5 Å².